The van der Waals surface area contributed by atoms with Gasteiger partial charge in [0.15, 0.2) is 0 Å². The maximum absolute atomic E-state index is 13.5. The summed E-state index contributed by atoms with van der Waals surface area (Å²) in [6.07, 6.45) is 5.14. The highest BCUT2D eigenvalue weighted by Crippen LogP contribution is 2.29. The van der Waals surface area contributed by atoms with E-state index in [4.69, 9.17) is 4.74 Å². The van der Waals surface area contributed by atoms with E-state index >= 15 is 0 Å². The Labute approximate surface area is 126 Å². The second-order valence-electron chi connectivity index (χ2n) is 6.37. The first kappa shape index (κ1) is 14.8. The molecule has 1 N–H and O–H groups in total. The Morgan fingerprint density at radius 3 is 2.81 bits per heavy atom. The molecule has 0 saturated heterocycles. The number of nitrogens with one attached hydrogen (secondary N) is 1. The van der Waals surface area contributed by atoms with Crippen LogP contribution in [0.4, 0.5) is 10.1 Å². The number of nitrogens with zero attached hydrogens (tertiary/aromatic N) is 1. The van der Waals surface area contributed by atoms with E-state index in [-0.39, 0.29) is 5.82 Å². The van der Waals surface area contributed by atoms with Gasteiger partial charge in [0.1, 0.15) is 5.82 Å². The fourth-order valence-electron chi connectivity index (χ4n) is 2.47. The van der Waals surface area contributed by atoms with Crippen LogP contribution in [0.5, 0.6) is 0 Å². The molecule has 0 bridgehead atoms. The summed E-state index contributed by atoms with van der Waals surface area (Å²) < 4.78 is 19.2. The molecule has 4 heteroatoms. The van der Waals surface area contributed by atoms with Crippen LogP contribution in [-0.2, 0) is 11.3 Å². The van der Waals surface area contributed by atoms with Crippen molar-refractivity contribution in [3.63, 3.8) is 0 Å². The van der Waals surface area contributed by atoms with Crippen LogP contribution in [0.2, 0.25) is 0 Å². The highest BCUT2D eigenvalue weighted by atomic mass is 19.1. The van der Waals surface area contributed by atoms with Gasteiger partial charge in [0.25, 0.3) is 0 Å². The van der Waals surface area contributed by atoms with Crippen molar-refractivity contribution in [3.8, 4) is 0 Å². The van der Waals surface area contributed by atoms with Crippen LogP contribution >= 0.6 is 0 Å². The quantitative estimate of drug-likeness (QED) is 0.708. The molecule has 116 valence electrons. The van der Waals surface area contributed by atoms with E-state index in [0.29, 0.717) is 6.04 Å². The van der Waals surface area contributed by atoms with E-state index in [1.165, 1.54) is 31.7 Å². The Morgan fingerprint density at radius 2 is 2.10 bits per heavy atom. The molecule has 0 spiro atoms. The Bertz CT molecular complexity index is 472. The SMILES string of the molecule is CN(CCOCC1CC1)c1ccc(F)cc1CNC1CC1. The van der Waals surface area contributed by atoms with Gasteiger partial charge in [-0.05, 0) is 55.4 Å². The van der Waals surface area contributed by atoms with Gasteiger partial charge in [-0.3, -0.25) is 0 Å². The van der Waals surface area contributed by atoms with Gasteiger partial charge < -0.3 is 15.0 Å². The van der Waals surface area contributed by atoms with E-state index in [9.17, 15) is 4.39 Å². The second kappa shape index (κ2) is 6.75. The largest absolute Gasteiger partial charge is 0.379 e. The van der Waals surface area contributed by atoms with Gasteiger partial charge in [0.2, 0.25) is 0 Å². The lowest BCUT2D eigenvalue weighted by atomic mass is 10.1. The Balaban J connectivity index is 1.52. The fourth-order valence-corrected chi connectivity index (χ4v) is 2.47. The standard InChI is InChI=1S/C17H25FN2O/c1-20(8-9-21-12-13-2-3-13)17-7-4-15(18)10-14(17)11-19-16-5-6-16/h4,7,10,13,16,19H,2-3,5-6,8-9,11-12H2,1H3. The van der Waals surface area contributed by atoms with E-state index in [2.05, 4.69) is 10.2 Å². The molecule has 2 saturated carbocycles. The average Bonchev–Trinajstić information content (AvgIpc) is 3.36. The Kier molecular flexibility index (Phi) is 4.76. The minimum absolute atomic E-state index is 0.162. The average molecular weight is 292 g/mol. The monoisotopic (exact) mass is 292 g/mol. The molecule has 1 aromatic rings. The minimum Gasteiger partial charge on any atom is -0.379 e. The van der Waals surface area contributed by atoms with Gasteiger partial charge in [-0.25, -0.2) is 4.39 Å². The number of benzene rings is 1. The lowest BCUT2D eigenvalue weighted by Gasteiger charge is -2.23. The van der Waals surface area contributed by atoms with Crippen molar-refractivity contribution >= 4 is 5.69 Å². The number of ether oxygens (including phenoxy) is 1. The fraction of sp³-hybridized carbons (Fsp3) is 0.647. The molecule has 0 unspecified atom stereocenters. The first-order valence-electron chi connectivity index (χ1n) is 8.03. The van der Waals surface area contributed by atoms with Crippen LogP contribution in [0, 0.1) is 11.7 Å². The van der Waals surface area contributed by atoms with Crippen molar-refractivity contribution in [1.29, 1.82) is 0 Å². The predicted octanol–water partition coefficient (Wildman–Crippen LogP) is 2.94. The lowest BCUT2D eigenvalue weighted by molar-refractivity contribution is 0.131. The van der Waals surface area contributed by atoms with Crippen molar-refractivity contribution in [2.45, 2.75) is 38.3 Å². The zero-order valence-electron chi connectivity index (χ0n) is 12.8. The summed E-state index contributed by atoms with van der Waals surface area (Å²) in [6, 6.07) is 5.69. The summed E-state index contributed by atoms with van der Waals surface area (Å²) in [5.74, 6) is 0.643. The summed E-state index contributed by atoms with van der Waals surface area (Å²) in [5, 5.41) is 3.46. The lowest BCUT2D eigenvalue weighted by Crippen LogP contribution is -2.25. The molecular weight excluding hydrogens is 267 g/mol. The molecular formula is C17H25FN2O. The van der Waals surface area contributed by atoms with Crippen molar-refractivity contribution in [3.05, 3.63) is 29.6 Å². The number of rotatable bonds is 9. The molecule has 0 heterocycles. The van der Waals surface area contributed by atoms with Crippen LogP contribution < -0.4 is 10.2 Å². The highest BCUT2D eigenvalue weighted by molar-refractivity contribution is 5.53. The summed E-state index contributed by atoms with van der Waals surface area (Å²) in [6.45, 7) is 3.22. The predicted molar refractivity (Wildman–Crippen MR) is 83.1 cm³/mol. The van der Waals surface area contributed by atoms with Gasteiger partial charge in [-0.1, -0.05) is 0 Å². The third kappa shape index (κ3) is 4.68. The topological polar surface area (TPSA) is 24.5 Å². The first-order valence-corrected chi connectivity index (χ1v) is 8.03. The molecule has 2 fully saturated rings. The third-order valence-corrected chi connectivity index (χ3v) is 4.23. The molecule has 21 heavy (non-hydrogen) atoms. The van der Waals surface area contributed by atoms with Crippen LogP contribution in [0.1, 0.15) is 31.2 Å². The van der Waals surface area contributed by atoms with E-state index in [1.807, 2.05) is 13.1 Å². The number of halogens is 1. The van der Waals surface area contributed by atoms with E-state index in [0.717, 1.165) is 43.5 Å². The molecule has 0 radical (unpaired) electrons. The number of likely N-dealkylation sites (N-methyl/N-ethyl adjacent to an activating group) is 1. The third-order valence-electron chi connectivity index (χ3n) is 4.23. The number of anilines is 1. The zero-order chi connectivity index (χ0) is 14.7. The smallest absolute Gasteiger partial charge is 0.123 e. The van der Waals surface area contributed by atoms with E-state index in [1.54, 1.807) is 6.07 Å². The van der Waals surface area contributed by atoms with Crippen molar-refractivity contribution in [2.24, 2.45) is 5.92 Å². The number of hydrogen-bond acceptors (Lipinski definition) is 3. The zero-order valence-corrected chi connectivity index (χ0v) is 12.8. The summed E-state index contributed by atoms with van der Waals surface area (Å²) in [4.78, 5) is 2.16. The number of hydrogen-bond donors (Lipinski definition) is 1. The van der Waals surface area contributed by atoms with Crippen LogP contribution in [0.15, 0.2) is 18.2 Å². The summed E-state index contributed by atoms with van der Waals surface area (Å²) in [5.41, 5.74) is 2.13. The first-order chi connectivity index (χ1) is 10.2. The molecule has 2 aliphatic carbocycles. The second-order valence-corrected chi connectivity index (χ2v) is 6.37. The Morgan fingerprint density at radius 1 is 1.29 bits per heavy atom. The molecule has 0 aliphatic heterocycles. The van der Waals surface area contributed by atoms with Gasteiger partial charge in [0, 0.05) is 38.5 Å². The maximum atomic E-state index is 13.5. The van der Waals surface area contributed by atoms with Crippen molar-refractivity contribution < 1.29 is 9.13 Å². The molecule has 0 aromatic heterocycles. The van der Waals surface area contributed by atoms with Crippen LogP contribution in [-0.4, -0.2) is 32.8 Å². The maximum Gasteiger partial charge on any atom is 0.123 e. The van der Waals surface area contributed by atoms with Gasteiger partial charge in [0.05, 0.1) is 6.61 Å². The van der Waals surface area contributed by atoms with Crippen molar-refractivity contribution in [2.75, 3.05) is 31.7 Å². The van der Waals surface area contributed by atoms with Crippen molar-refractivity contribution in [1.82, 2.24) is 5.32 Å². The van der Waals surface area contributed by atoms with Crippen LogP contribution in [0.25, 0.3) is 0 Å². The molecule has 3 rings (SSSR count). The molecule has 2 aliphatic rings. The van der Waals surface area contributed by atoms with E-state index < -0.39 is 0 Å². The molecule has 0 amide bonds. The Hall–Kier alpha value is -1.13. The summed E-state index contributed by atoms with van der Waals surface area (Å²) in [7, 11) is 2.05. The highest BCUT2D eigenvalue weighted by Gasteiger charge is 2.22. The van der Waals surface area contributed by atoms with Gasteiger partial charge >= 0.3 is 0 Å². The summed E-state index contributed by atoms with van der Waals surface area (Å²) >= 11 is 0. The molecule has 3 nitrogen and oxygen atoms in total. The molecule has 0 atom stereocenters. The van der Waals surface area contributed by atoms with Gasteiger partial charge in [-0.15, -0.1) is 0 Å². The minimum atomic E-state index is -0.162. The van der Waals surface area contributed by atoms with Gasteiger partial charge in [-0.2, -0.15) is 0 Å². The normalized spacial score (nSPS) is 18.0. The molecule has 1 aromatic carbocycles. The van der Waals surface area contributed by atoms with Crippen LogP contribution in [0.3, 0.4) is 0 Å².